The highest BCUT2D eigenvalue weighted by molar-refractivity contribution is 6.30. The monoisotopic (exact) mass is 298 g/mol. The summed E-state index contributed by atoms with van der Waals surface area (Å²) < 4.78 is 0. The zero-order chi connectivity index (χ0) is 14.7. The van der Waals surface area contributed by atoms with Crippen molar-refractivity contribution in [1.29, 1.82) is 0 Å². The van der Waals surface area contributed by atoms with Crippen LogP contribution in [0.5, 0.6) is 0 Å². The van der Waals surface area contributed by atoms with Gasteiger partial charge >= 0.3 is 0 Å². The number of benzene rings is 2. The standard InChI is InChI=1S/C17H15ClN2O/c18-14-5-1-3-12(11-14)7-9-20-17(21)15-6-2-4-13-8-10-19-16(13)15/h1-6,8,10-11,19H,7,9H2,(H,20,21). The predicted octanol–water partition coefficient (Wildman–Crippen LogP) is 3.79. The first-order chi connectivity index (χ1) is 10.2. The van der Waals surface area contributed by atoms with E-state index >= 15 is 0 Å². The second-order valence-corrected chi connectivity index (χ2v) is 5.32. The Balaban J connectivity index is 1.65. The molecule has 0 radical (unpaired) electrons. The third kappa shape index (κ3) is 3.09. The number of H-pyrrole nitrogens is 1. The number of aromatic amines is 1. The topological polar surface area (TPSA) is 44.9 Å². The first kappa shape index (κ1) is 13.7. The van der Waals surface area contributed by atoms with Crippen molar-refractivity contribution in [3.63, 3.8) is 0 Å². The lowest BCUT2D eigenvalue weighted by atomic mass is 10.1. The van der Waals surface area contributed by atoms with E-state index in [1.54, 1.807) is 0 Å². The van der Waals surface area contributed by atoms with Crippen molar-refractivity contribution in [2.45, 2.75) is 6.42 Å². The molecule has 0 aliphatic heterocycles. The smallest absolute Gasteiger partial charge is 0.253 e. The van der Waals surface area contributed by atoms with E-state index in [0.29, 0.717) is 12.1 Å². The lowest BCUT2D eigenvalue weighted by Crippen LogP contribution is -2.25. The van der Waals surface area contributed by atoms with Gasteiger partial charge in [-0.25, -0.2) is 0 Å². The van der Waals surface area contributed by atoms with Crippen LogP contribution in [0.1, 0.15) is 15.9 Å². The van der Waals surface area contributed by atoms with Gasteiger partial charge in [0, 0.05) is 23.2 Å². The van der Waals surface area contributed by atoms with E-state index in [-0.39, 0.29) is 5.91 Å². The number of carbonyl (C=O) groups is 1. The molecule has 2 N–H and O–H groups in total. The zero-order valence-corrected chi connectivity index (χ0v) is 12.2. The average Bonchev–Trinajstić information content (AvgIpc) is 2.95. The van der Waals surface area contributed by atoms with Crippen LogP contribution in [0.25, 0.3) is 10.9 Å². The van der Waals surface area contributed by atoms with Crippen LogP contribution >= 0.6 is 11.6 Å². The Kier molecular flexibility index (Phi) is 3.93. The van der Waals surface area contributed by atoms with Gasteiger partial charge in [-0.2, -0.15) is 0 Å². The summed E-state index contributed by atoms with van der Waals surface area (Å²) in [5, 5.41) is 4.70. The number of hydrogen-bond acceptors (Lipinski definition) is 1. The molecule has 0 atom stereocenters. The van der Waals surface area contributed by atoms with Crippen molar-refractivity contribution in [2.24, 2.45) is 0 Å². The number of hydrogen-bond donors (Lipinski definition) is 2. The van der Waals surface area contributed by atoms with Gasteiger partial charge in [-0.1, -0.05) is 35.9 Å². The molecule has 0 unspecified atom stereocenters. The second-order valence-electron chi connectivity index (χ2n) is 4.88. The van der Waals surface area contributed by atoms with Crippen molar-refractivity contribution >= 4 is 28.4 Å². The first-order valence-corrected chi connectivity index (χ1v) is 7.20. The van der Waals surface area contributed by atoms with E-state index in [2.05, 4.69) is 10.3 Å². The highest BCUT2D eigenvalue weighted by Crippen LogP contribution is 2.16. The van der Waals surface area contributed by atoms with Gasteiger partial charge in [0.1, 0.15) is 0 Å². The molecule has 3 aromatic rings. The van der Waals surface area contributed by atoms with Crippen LogP contribution in [0.15, 0.2) is 54.7 Å². The summed E-state index contributed by atoms with van der Waals surface area (Å²) in [6.07, 6.45) is 2.60. The fourth-order valence-electron chi connectivity index (χ4n) is 2.38. The molecule has 4 heteroatoms. The van der Waals surface area contributed by atoms with E-state index in [1.807, 2.05) is 54.7 Å². The van der Waals surface area contributed by atoms with Crippen molar-refractivity contribution in [3.8, 4) is 0 Å². The Morgan fingerprint density at radius 2 is 2.00 bits per heavy atom. The summed E-state index contributed by atoms with van der Waals surface area (Å²) in [5.74, 6) is -0.0647. The Hall–Kier alpha value is -2.26. The van der Waals surface area contributed by atoms with Gasteiger partial charge in [0.15, 0.2) is 0 Å². The molecule has 1 aromatic heterocycles. The molecule has 106 valence electrons. The van der Waals surface area contributed by atoms with Crippen LogP contribution in [0.2, 0.25) is 5.02 Å². The number of amides is 1. The minimum atomic E-state index is -0.0647. The summed E-state index contributed by atoms with van der Waals surface area (Å²) in [4.78, 5) is 15.4. The number of halogens is 1. The van der Waals surface area contributed by atoms with Gasteiger partial charge in [-0.15, -0.1) is 0 Å². The maximum atomic E-state index is 12.3. The molecule has 0 aliphatic carbocycles. The number of aromatic nitrogens is 1. The van der Waals surface area contributed by atoms with Gasteiger partial charge in [0.05, 0.1) is 11.1 Å². The second kappa shape index (κ2) is 6.02. The molecule has 1 amide bonds. The fourth-order valence-corrected chi connectivity index (χ4v) is 2.60. The molecule has 0 spiro atoms. The number of rotatable bonds is 4. The van der Waals surface area contributed by atoms with Crippen molar-refractivity contribution in [3.05, 3.63) is 70.9 Å². The van der Waals surface area contributed by atoms with Crippen LogP contribution < -0.4 is 5.32 Å². The SMILES string of the molecule is O=C(NCCc1cccc(Cl)c1)c1cccc2cc[nH]c12. The quantitative estimate of drug-likeness (QED) is 0.756. The Morgan fingerprint density at radius 3 is 2.86 bits per heavy atom. The molecule has 1 heterocycles. The van der Waals surface area contributed by atoms with Crippen LogP contribution in [0.3, 0.4) is 0 Å². The Morgan fingerprint density at radius 1 is 1.14 bits per heavy atom. The summed E-state index contributed by atoms with van der Waals surface area (Å²) >= 11 is 5.94. The molecule has 0 aliphatic rings. The lowest BCUT2D eigenvalue weighted by molar-refractivity contribution is 0.0955. The van der Waals surface area contributed by atoms with Gasteiger partial charge in [-0.3, -0.25) is 4.79 Å². The van der Waals surface area contributed by atoms with Gasteiger partial charge < -0.3 is 10.3 Å². The summed E-state index contributed by atoms with van der Waals surface area (Å²) in [6, 6.07) is 15.3. The van der Waals surface area contributed by atoms with Crippen LogP contribution in [0, 0.1) is 0 Å². The number of nitrogens with one attached hydrogen (secondary N) is 2. The van der Waals surface area contributed by atoms with Gasteiger partial charge in [0.2, 0.25) is 0 Å². The predicted molar refractivity (Wildman–Crippen MR) is 85.8 cm³/mol. The Labute approximate surface area is 127 Å². The number of carbonyl (C=O) groups excluding carboxylic acids is 1. The lowest BCUT2D eigenvalue weighted by Gasteiger charge is -2.07. The van der Waals surface area contributed by atoms with Crippen LogP contribution in [-0.4, -0.2) is 17.4 Å². The third-order valence-corrected chi connectivity index (χ3v) is 3.66. The maximum absolute atomic E-state index is 12.3. The third-order valence-electron chi connectivity index (χ3n) is 3.42. The van der Waals surface area contributed by atoms with Crippen LogP contribution in [0.4, 0.5) is 0 Å². The molecule has 0 saturated heterocycles. The molecule has 21 heavy (non-hydrogen) atoms. The fraction of sp³-hybridized carbons (Fsp3) is 0.118. The van der Waals surface area contributed by atoms with E-state index in [9.17, 15) is 4.79 Å². The zero-order valence-electron chi connectivity index (χ0n) is 11.4. The highest BCUT2D eigenvalue weighted by Gasteiger charge is 2.09. The minimum absolute atomic E-state index is 0.0647. The van der Waals surface area contributed by atoms with Crippen molar-refractivity contribution in [1.82, 2.24) is 10.3 Å². The van der Waals surface area contributed by atoms with Crippen molar-refractivity contribution in [2.75, 3.05) is 6.54 Å². The molecule has 0 saturated carbocycles. The summed E-state index contributed by atoms with van der Waals surface area (Å²) in [5.41, 5.74) is 2.65. The molecule has 0 bridgehead atoms. The number of fused-ring (bicyclic) bond motifs is 1. The average molecular weight is 299 g/mol. The number of para-hydroxylation sites is 1. The van der Waals surface area contributed by atoms with Crippen molar-refractivity contribution < 1.29 is 4.79 Å². The summed E-state index contributed by atoms with van der Waals surface area (Å²) in [7, 11) is 0. The van der Waals surface area contributed by atoms with E-state index in [0.717, 1.165) is 27.9 Å². The highest BCUT2D eigenvalue weighted by atomic mass is 35.5. The van der Waals surface area contributed by atoms with E-state index in [1.165, 1.54) is 0 Å². The molecular weight excluding hydrogens is 284 g/mol. The largest absolute Gasteiger partial charge is 0.361 e. The summed E-state index contributed by atoms with van der Waals surface area (Å²) in [6.45, 7) is 0.580. The van der Waals surface area contributed by atoms with Gasteiger partial charge in [0.25, 0.3) is 5.91 Å². The molecule has 3 nitrogen and oxygen atoms in total. The molecule has 3 rings (SSSR count). The van der Waals surface area contributed by atoms with E-state index in [4.69, 9.17) is 11.6 Å². The maximum Gasteiger partial charge on any atom is 0.253 e. The minimum Gasteiger partial charge on any atom is -0.361 e. The van der Waals surface area contributed by atoms with Gasteiger partial charge in [-0.05, 0) is 36.2 Å². The molecule has 2 aromatic carbocycles. The first-order valence-electron chi connectivity index (χ1n) is 6.83. The normalized spacial score (nSPS) is 10.7. The molecule has 0 fully saturated rings. The Bertz CT molecular complexity index is 779. The van der Waals surface area contributed by atoms with E-state index < -0.39 is 0 Å². The van der Waals surface area contributed by atoms with Crippen LogP contribution in [-0.2, 0) is 6.42 Å². The molecular formula is C17H15ClN2O.